The lowest BCUT2D eigenvalue weighted by Gasteiger charge is -2.16. The zero-order valence-electron chi connectivity index (χ0n) is 9.60. The molecule has 18 heavy (non-hydrogen) atoms. The van der Waals surface area contributed by atoms with Crippen LogP contribution in [0.15, 0.2) is 29.8 Å². The van der Waals surface area contributed by atoms with Crippen molar-refractivity contribution in [2.45, 2.75) is 31.5 Å². The number of rotatable bonds is 2. The van der Waals surface area contributed by atoms with E-state index in [2.05, 4.69) is 0 Å². The van der Waals surface area contributed by atoms with Crippen molar-refractivity contribution in [2.24, 2.45) is 5.73 Å². The molecule has 0 spiro atoms. The topological polar surface area (TPSA) is 26.0 Å². The summed E-state index contributed by atoms with van der Waals surface area (Å²) in [6.45, 7) is 0. The Morgan fingerprint density at radius 1 is 1.22 bits per heavy atom. The predicted octanol–water partition coefficient (Wildman–Crippen LogP) is 3.95. The SMILES string of the molecule is NC(C1=CCCC1)c1cc(C(F)(F)F)ccc1F. The molecule has 0 fully saturated rings. The fourth-order valence-electron chi connectivity index (χ4n) is 2.14. The van der Waals surface area contributed by atoms with Gasteiger partial charge in [-0.25, -0.2) is 4.39 Å². The Balaban J connectivity index is 2.37. The molecule has 98 valence electrons. The molecule has 0 radical (unpaired) electrons. The minimum absolute atomic E-state index is 0.0852. The molecule has 0 heterocycles. The van der Waals surface area contributed by atoms with Gasteiger partial charge in [-0.15, -0.1) is 0 Å². The van der Waals surface area contributed by atoms with E-state index >= 15 is 0 Å². The lowest BCUT2D eigenvalue weighted by atomic mass is 9.97. The minimum atomic E-state index is -4.48. The van der Waals surface area contributed by atoms with Crippen LogP contribution in [0, 0.1) is 5.82 Å². The van der Waals surface area contributed by atoms with Gasteiger partial charge in [0, 0.05) is 5.56 Å². The second-order valence-electron chi connectivity index (χ2n) is 4.38. The van der Waals surface area contributed by atoms with Gasteiger partial charge in [0.1, 0.15) is 5.82 Å². The summed E-state index contributed by atoms with van der Waals surface area (Å²) in [6, 6.07) is 1.58. The predicted molar refractivity (Wildman–Crippen MR) is 60.3 cm³/mol. The Morgan fingerprint density at radius 2 is 1.94 bits per heavy atom. The van der Waals surface area contributed by atoms with Crippen molar-refractivity contribution < 1.29 is 17.6 Å². The van der Waals surface area contributed by atoms with E-state index in [-0.39, 0.29) is 5.56 Å². The van der Waals surface area contributed by atoms with Crippen molar-refractivity contribution in [3.8, 4) is 0 Å². The summed E-state index contributed by atoms with van der Waals surface area (Å²) in [7, 11) is 0. The van der Waals surface area contributed by atoms with Crippen molar-refractivity contribution in [3.63, 3.8) is 0 Å². The highest BCUT2D eigenvalue weighted by atomic mass is 19.4. The molecule has 1 unspecified atom stereocenters. The standard InChI is InChI=1S/C13H13F4N/c14-11-6-5-9(13(15,16)17)7-10(11)12(18)8-3-1-2-4-8/h3,5-7,12H,1-2,4,18H2. The first kappa shape index (κ1) is 13.1. The monoisotopic (exact) mass is 259 g/mol. The van der Waals surface area contributed by atoms with Gasteiger partial charge < -0.3 is 5.73 Å². The van der Waals surface area contributed by atoms with Gasteiger partial charge in [0.25, 0.3) is 0 Å². The van der Waals surface area contributed by atoms with Crippen molar-refractivity contribution in [1.82, 2.24) is 0 Å². The van der Waals surface area contributed by atoms with Crippen LogP contribution in [0.25, 0.3) is 0 Å². The maximum atomic E-state index is 13.6. The van der Waals surface area contributed by atoms with Crippen molar-refractivity contribution in [1.29, 1.82) is 0 Å². The average Bonchev–Trinajstić information content (AvgIpc) is 2.80. The van der Waals surface area contributed by atoms with Crippen LogP contribution in [0.2, 0.25) is 0 Å². The zero-order chi connectivity index (χ0) is 13.3. The van der Waals surface area contributed by atoms with Gasteiger partial charge >= 0.3 is 6.18 Å². The lowest BCUT2D eigenvalue weighted by molar-refractivity contribution is -0.137. The van der Waals surface area contributed by atoms with E-state index in [0.29, 0.717) is 0 Å². The number of halogens is 4. The summed E-state index contributed by atoms with van der Waals surface area (Å²) in [6.07, 6.45) is -0.110. The van der Waals surface area contributed by atoms with Crippen LogP contribution in [0.3, 0.4) is 0 Å². The number of benzene rings is 1. The molecule has 0 aromatic heterocycles. The Labute approximate surface area is 102 Å². The number of hydrogen-bond donors (Lipinski definition) is 1. The maximum Gasteiger partial charge on any atom is 0.416 e. The highest BCUT2D eigenvalue weighted by molar-refractivity contribution is 5.34. The minimum Gasteiger partial charge on any atom is -0.320 e. The quantitative estimate of drug-likeness (QED) is 0.631. The first-order valence-electron chi connectivity index (χ1n) is 5.71. The van der Waals surface area contributed by atoms with Gasteiger partial charge in [-0.1, -0.05) is 11.6 Å². The van der Waals surface area contributed by atoms with Crippen molar-refractivity contribution >= 4 is 0 Å². The number of nitrogens with two attached hydrogens (primary N) is 1. The summed E-state index contributed by atoms with van der Waals surface area (Å²) < 4.78 is 51.3. The third-order valence-corrected chi connectivity index (χ3v) is 3.13. The van der Waals surface area contributed by atoms with Crippen LogP contribution in [-0.2, 0) is 6.18 Å². The van der Waals surface area contributed by atoms with E-state index < -0.39 is 23.6 Å². The van der Waals surface area contributed by atoms with Crippen LogP contribution in [0.5, 0.6) is 0 Å². The molecule has 2 rings (SSSR count). The van der Waals surface area contributed by atoms with Gasteiger partial charge in [-0.3, -0.25) is 0 Å². The fraction of sp³-hybridized carbons (Fsp3) is 0.385. The average molecular weight is 259 g/mol. The van der Waals surface area contributed by atoms with Gasteiger partial charge in [-0.2, -0.15) is 13.2 Å². The zero-order valence-corrected chi connectivity index (χ0v) is 9.60. The molecule has 1 atom stereocenters. The second kappa shape index (κ2) is 4.72. The Bertz CT molecular complexity index is 476. The molecule has 1 nitrogen and oxygen atoms in total. The molecule has 0 saturated carbocycles. The Hall–Kier alpha value is -1.36. The molecule has 1 aliphatic rings. The van der Waals surface area contributed by atoms with Crippen LogP contribution in [0.1, 0.15) is 36.4 Å². The van der Waals surface area contributed by atoms with Crippen LogP contribution in [0.4, 0.5) is 17.6 Å². The van der Waals surface area contributed by atoms with Crippen LogP contribution < -0.4 is 5.73 Å². The molecular formula is C13H13F4N. The van der Waals surface area contributed by atoms with Crippen molar-refractivity contribution in [2.75, 3.05) is 0 Å². The van der Waals surface area contributed by atoms with E-state index in [9.17, 15) is 17.6 Å². The summed E-state index contributed by atoms with van der Waals surface area (Å²) in [4.78, 5) is 0. The van der Waals surface area contributed by atoms with Crippen LogP contribution >= 0.6 is 0 Å². The Kier molecular flexibility index (Phi) is 3.43. The molecule has 2 N–H and O–H groups in total. The van der Waals surface area contributed by atoms with E-state index in [1.165, 1.54) is 0 Å². The summed E-state index contributed by atoms with van der Waals surface area (Å²) >= 11 is 0. The molecule has 0 bridgehead atoms. The molecule has 0 saturated heterocycles. The molecule has 0 aliphatic heterocycles. The van der Waals surface area contributed by atoms with Crippen molar-refractivity contribution in [3.05, 3.63) is 46.8 Å². The number of hydrogen-bond acceptors (Lipinski definition) is 1. The smallest absolute Gasteiger partial charge is 0.320 e. The van der Waals surface area contributed by atoms with E-state index in [0.717, 1.165) is 43.0 Å². The molecule has 0 amide bonds. The number of allylic oxidation sites excluding steroid dienone is 1. The third kappa shape index (κ3) is 2.56. The van der Waals surface area contributed by atoms with E-state index in [1.807, 2.05) is 6.08 Å². The summed E-state index contributed by atoms with van der Waals surface area (Å²) in [5.41, 5.74) is 5.70. The van der Waals surface area contributed by atoms with Crippen LogP contribution in [-0.4, -0.2) is 0 Å². The molecule has 1 aliphatic carbocycles. The van der Waals surface area contributed by atoms with E-state index in [1.54, 1.807) is 0 Å². The van der Waals surface area contributed by atoms with Gasteiger partial charge in [0.2, 0.25) is 0 Å². The highest BCUT2D eigenvalue weighted by Gasteiger charge is 2.32. The molecule has 1 aromatic rings. The highest BCUT2D eigenvalue weighted by Crippen LogP contribution is 2.34. The van der Waals surface area contributed by atoms with Gasteiger partial charge in [0.05, 0.1) is 11.6 Å². The number of alkyl halides is 3. The van der Waals surface area contributed by atoms with Gasteiger partial charge in [0.15, 0.2) is 0 Å². The normalized spacial score (nSPS) is 17.7. The van der Waals surface area contributed by atoms with E-state index in [4.69, 9.17) is 5.73 Å². The maximum absolute atomic E-state index is 13.6. The fourth-order valence-corrected chi connectivity index (χ4v) is 2.14. The lowest BCUT2D eigenvalue weighted by Crippen LogP contribution is -2.16. The third-order valence-electron chi connectivity index (χ3n) is 3.13. The first-order valence-corrected chi connectivity index (χ1v) is 5.71. The van der Waals surface area contributed by atoms with Gasteiger partial charge in [-0.05, 0) is 37.5 Å². The first-order chi connectivity index (χ1) is 8.39. The largest absolute Gasteiger partial charge is 0.416 e. The summed E-state index contributed by atoms with van der Waals surface area (Å²) in [5.74, 6) is -0.691. The molecule has 5 heteroatoms. The second-order valence-corrected chi connectivity index (χ2v) is 4.38. The summed E-state index contributed by atoms with van der Waals surface area (Å²) in [5, 5.41) is 0. The molecule has 1 aromatic carbocycles. The Morgan fingerprint density at radius 3 is 2.50 bits per heavy atom. The molecular weight excluding hydrogens is 246 g/mol.